The predicted molar refractivity (Wildman–Crippen MR) is 157 cm³/mol. The van der Waals surface area contributed by atoms with E-state index < -0.39 is 17.1 Å². The Hall–Kier alpha value is -1.96. The number of carbonyl (C=O) groups is 1. The lowest BCUT2D eigenvalue weighted by molar-refractivity contribution is -0.177. The van der Waals surface area contributed by atoms with Gasteiger partial charge in [0.15, 0.2) is 5.78 Å². The number of aliphatic hydroxyl groups is 2. The highest BCUT2D eigenvalue weighted by molar-refractivity contribution is 7.99. The lowest BCUT2D eigenvalue weighted by Gasteiger charge is -2.60. The molecule has 0 aromatic carbocycles. The van der Waals surface area contributed by atoms with E-state index in [1.54, 1.807) is 6.20 Å². The summed E-state index contributed by atoms with van der Waals surface area (Å²) in [5, 5.41) is 29.7. The molecule has 0 bridgehead atoms. The Morgan fingerprint density at radius 2 is 1.98 bits per heavy atom. The number of hydrogen-bond donors (Lipinski definition) is 2. The van der Waals surface area contributed by atoms with Gasteiger partial charge in [0.05, 0.1) is 34.8 Å². The molecule has 0 amide bonds. The normalized spacial score (nSPS) is 39.0. The number of carbonyl (C=O) groups excluding carboxylic acids is 1. The molecule has 0 saturated heterocycles. The molecule has 2 aromatic rings. The smallest absolute Gasteiger partial charge is 0.175 e. The van der Waals surface area contributed by atoms with Crippen LogP contribution in [-0.2, 0) is 11.2 Å². The van der Waals surface area contributed by atoms with Crippen LogP contribution in [0.4, 0.5) is 0 Å². The van der Waals surface area contributed by atoms with Crippen LogP contribution in [0.1, 0.15) is 95.4 Å². The highest BCUT2D eigenvalue weighted by atomic mass is 32.2. The van der Waals surface area contributed by atoms with E-state index in [0.29, 0.717) is 24.8 Å². The van der Waals surface area contributed by atoms with Crippen LogP contribution in [0.15, 0.2) is 41.2 Å². The number of aromatic nitrogens is 3. The van der Waals surface area contributed by atoms with Gasteiger partial charge in [0.2, 0.25) is 0 Å². The van der Waals surface area contributed by atoms with Crippen molar-refractivity contribution in [3.63, 3.8) is 0 Å². The number of thioether (sulfide) groups is 1. The SMILES string of the molecule is C[C@]12Cc3cnn(C4CCCCC4)c3C=C1CC[C@@H]1[C@@H]2[C@@H](O)C[C@@]2(C)[C@H]1CC[C@]2(O)C(=O)CSc1ccccn1. The fourth-order valence-electron chi connectivity index (χ4n) is 9.98. The maximum Gasteiger partial charge on any atom is 0.175 e. The molecule has 214 valence electrons. The lowest BCUT2D eigenvalue weighted by Crippen LogP contribution is -2.62. The third kappa shape index (κ3) is 3.94. The van der Waals surface area contributed by atoms with Crippen molar-refractivity contribution in [2.24, 2.45) is 28.6 Å². The summed E-state index contributed by atoms with van der Waals surface area (Å²) in [6.45, 7) is 4.46. The summed E-state index contributed by atoms with van der Waals surface area (Å²) in [4.78, 5) is 18.0. The van der Waals surface area contributed by atoms with E-state index in [1.165, 1.54) is 60.7 Å². The van der Waals surface area contributed by atoms with E-state index in [9.17, 15) is 15.0 Å². The Morgan fingerprint density at radius 3 is 2.75 bits per heavy atom. The molecule has 6 nitrogen and oxygen atoms in total. The first-order chi connectivity index (χ1) is 19.2. The second-order valence-corrected chi connectivity index (χ2v) is 14.9. The Balaban J connectivity index is 1.14. The van der Waals surface area contributed by atoms with Gasteiger partial charge in [-0.2, -0.15) is 5.10 Å². The van der Waals surface area contributed by atoms with Gasteiger partial charge in [0, 0.05) is 11.6 Å². The maximum absolute atomic E-state index is 13.6. The number of pyridine rings is 1. The van der Waals surface area contributed by atoms with Gasteiger partial charge in [0.25, 0.3) is 0 Å². The molecule has 5 aliphatic rings. The first kappa shape index (κ1) is 26.9. The average molecular weight is 562 g/mol. The molecule has 2 heterocycles. The van der Waals surface area contributed by atoms with Crippen molar-refractivity contribution in [3.8, 4) is 0 Å². The first-order valence-electron chi connectivity index (χ1n) is 15.5. The summed E-state index contributed by atoms with van der Waals surface area (Å²) in [7, 11) is 0. The molecular formula is C33H43N3O3S. The van der Waals surface area contributed by atoms with Gasteiger partial charge < -0.3 is 10.2 Å². The summed E-state index contributed by atoms with van der Waals surface area (Å²) < 4.78 is 2.31. The van der Waals surface area contributed by atoms with Crippen LogP contribution >= 0.6 is 11.8 Å². The molecule has 2 aromatic heterocycles. The third-order valence-corrected chi connectivity index (χ3v) is 12.9. The van der Waals surface area contributed by atoms with E-state index in [4.69, 9.17) is 5.10 Å². The summed E-state index contributed by atoms with van der Waals surface area (Å²) in [5.74, 6) is 0.768. The van der Waals surface area contributed by atoms with Gasteiger partial charge in [-0.15, -0.1) is 0 Å². The van der Waals surface area contributed by atoms with Crippen molar-refractivity contribution < 1.29 is 15.0 Å². The minimum Gasteiger partial charge on any atom is -0.393 e. The molecular weight excluding hydrogens is 518 g/mol. The molecule has 0 aliphatic heterocycles. The number of hydrogen-bond acceptors (Lipinski definition) is 6. The van der Waals surface area contributed by atoms with Crippen LogP contribution in [0.2, 0.25) is 0 Å². The Labute approximate surface area is 242 Å². The number of Topliss-reactive ketones (excluding diaryl/α,β-unsaturated/α-hetero) is 1. The third-order valence-electron chi connectivity index (χ3n) is 12.0. The number of nitrogens with zero attached hydrogens (tertiary/aromatic N) is 3. The minimum atomic E-state index is -1.40. The topological polar surface area (TPSA) is 88.2 Å². The first-order valence-corrected chi connectivity index (χ1v) is 16.5. The Kier molecular flexibility index (Phi) is 6.60. The van der Waals surface area contributed by atoms with Crippen molar-refractivity contribution in [1.82, 2.24) is 14.8 Å². The molecule has 5 aliphatic carbocycles. The average Bonchev–Trinajstić information content (AvgIpc) is 3.48. The van der Waals surface area contributed by atoms with E-state index in [0.717, 1.165) is 30.7 Å². The standard InChI is InChI=1S/C33H43N3O3S/c1-31-17-21-19-35-36(23-8-4-3-5-9-23)26(21)16-22(31)11-12-24-25-13-14-33(39,32(25,2)18-27(37)30(24)31)28(38)20-40-29-10-6-7-15-34-29/h6-7,10,15-16,19,23-25,27,30,37,39H,3-5,8-9,11-14,17-18,20H2,1-2H3/t24-,25-,27-,30+,31-,32-,33-/m0/s1. The van der Waals surface area contributed by atoms with E-state index in [2.05, 4.69) is 35.8 Å². The summed E-state index contributed by atoms with van der Waals surface area (Å²) in [6.07, 6.45) is 16.9. The molecule has 7 heteroatoms. The molecule has 0 radical (unpaired) electrons. The summed E-state index contributed by atoms with van der Waals surface area (Å²) in [5.41, 5.74) is 1.97. The van der Waals surface area contributed by atoms with Gasteiger partial charge >= 0.3 is 0 Å². The maximum atomic E-state index is 13.6. The Bertz CT molecular complexity index is 1320. The van der Waals surface area contributed by atoms with Crippen molar-refractivity contribution in [2.45, 2.75) is 107 Å². The lowest BCUT2D eigenvalue weighted by atomic mass is 9.45. The molecule has 40 heavy (non-hydrogen) atoms. The second-order valence-electron chi connectivity index (χ2n) is 13.9. The van der Waals surface area contributed by atoms with Gasteiger partial charge in [-0.1, -0.05) is 56.5 Å². The van der Waals surface area contributed by atoms with Gasteiger partial charge in [0.1, 0.15) is 5.60 Å². The molecule has 7 rings (SSSR count). The molecule has 2 N–H and O–H groups in total. The number of ketones is 1. The van der Waals surface area contributed by atoms with Crippen LogP contribution in [0.3, 0.4) is 0 Å². The minimum absolute atomic E-state index is 0.112. The Morgan fingerprint density at radius 1 is 1.15 bits per heavy atom. The van der Waals surface area contributed by atoms with Gasteiger partial charge in [-0.3, -0.25) is 9.48 Å². The van der Waals surface area contributed by atoms with Crippen molar-refractivity contribution in [2.75, 3.05) is 5.75 Å². The fourth-order valence-corrected chi connectivity index (χ4v) is 10.8. The molecule has 4 fully saturated rings. The summed E-state index contributed by atoms with van der Waals surface area (Å²) in [6, 6.07) is 6.20. The van der Waals surface area contributed by atoms with Crippen LogP contribution < -0.4 is 0 Å². The quantitative estimate of drug-likeness (QED) is 0.434. The summed E-state index contributed by atoms with van der Waals surface area (Å²) >= 11 is 1.40. The van der Waals surface area contributed by atoms with Crippen molar-refractivity contribution in [1.29, 1.82) is 0 Å². The molecule has 0 unspecified atom stereocenters. The second kappa shape index (κ2) is 9.81. The monoisotopic (exact) mass is 561 g/mol. The van der Waals surface area contributed by atoms with E-state index in [-0.39, 0.29) is 28.8 Å². The van der Waals surface area contributed by atoms with Crippen LogP contribution in [0, 0.1) is 28.6 Å². The zero-order valence-electron chi connectivity index (χ0n) is 23.9. The van der Waals surface area contributed by atoms with E-state index >= 15 is 0 Å². The van der Waals surface area contributed by atoms with Gasteiger partial charge in [-0.05, 0) is 98.3 Å². The highest BCUT2D eigenvalue weighted by Gasteiger charge is 2.68. The zero-order valence-corrected chi connectivity index (χ0v) is 24.7. The molecule has 7 atom stereocenters. The number of fused-ring (bicyclic) bond motifs is 6. The largest absolute Gasteiger partial charge is 0.393 e. The molecule has 4 saturated carbocycles. The predicted octanol–water partition coefficient (Wildman–Crippen LogP) is 6.03. The highest BCUT2D eigenvalue weighted by Crippen LogP contribution is 2.67. The fraction of sp³-hybridized carbons (Fsp3) is 0.667. The van der Waals surface area contributed by atoms with Crippen LogP contribution in [0.5, 0.6) is 0 Å². The van der Waals surface area contributed by atoms with Crippen LogP contribution in [-0.4, -0.2) is 48.2 Å². The van der Waals surface area contributed by atoms with E-state index in [1.807, 2.05) is 18.2 Å². The number of rotatable bonds is 5. The zero-order chi connectivity index (χ0) is 27.7. The van der Waals surface area contributed by atoms with Crippen molar-refractivity contribution in [3.05, 3.63) is 47.4 Å². The number of allylic oxidation sites excluding steroid dienone is 1. The number of aliphatic hydroxyl groups excluding tert-OH is 1. The van der Waals surface area contributed by atoms with Crippen molar-refractivity contribution >= 4 is 23.6 Å². The molecule has 0 spiro atoms. The van der Waals surface area contributed by atoms with Gasteiger partial charge in [-0.25, -0.2) is 4.98 Å². The van der Waals surface area contributed by atoms with Crippen LogP contribution in [0.25, 0.3) is 6.08 Å².